The lowest BCUT2D eigenvalue weighted by Crippen LogP contribution is -2.26. The highest BCUT2D eigenvalue weighted by Gasteiger charge is 2.28. The van der Waals surface area contributed by atoms with Crippen molar-refractivity contribution in [3.63, 3.8) is 0 Å². The lowest BCUT2D eigenvalue weighted by atomic mass is 9.87. The molecule has 0 aliphatic rings. The first-order valence-corrected chi connectivity index (χ1v) is 9.88. The second-order valence-electron chi connectivity index (χ2n) is 6.72. The van der Waals surface area contributed by atoms with Crippen LogP contribution in [0.3, 0.4) is 0 Å². The van der Waals surface area contributed by atoms with Crippen LogP contribution in [0, 0.1) is 5.41 Å². The predicted molar refractivity (Wildman–Crippen MR) is 107 cm³/mol. The molecule has 142 valence electrons. The molecule has 0 saturated heterocycles. The van der Waals surface area contributed by atoms with Gasteiger partial charge in [-0.2, -0.15) is 0 Å². The highest BCUT2D eigenvalue weighted by atomic mass is 32.1. The number of nitrogens with one attached hydrogen (secondary N) is 1. The van der Waals surface area contributed by atoms with Crippen molar-refractivity contribution in [2.75, 3.05) is 25.6 Å². The van der Waals surface area contributed by atoms with Crippen LogP contribution in [0.25, 0.3) is 11.3 Å². The Morgan fingerprint density at radius 3 is 2.58 bits per heavy atom. The maximum Gasteiger partial charge on any atom is 0.311 e. The molecule has 5 nitrogen and oxygen atoms in total. The third-order valence-corrected chi connectivity index (χ3v) is 5.02. The van der Waals surface area contributed by atoms with Gasteiger partial charge in [-0.3, -0.25) is 4.79 Å². The molecule has 1 heterocycles. The van der Waals surface area contributed by atoms with Crippen LogP contribution in [-0.4, -0.2) is 31.2 Å². The van der Waals surface area contributed by atoms with E-state index in [9.17, 15) is 4.79 Å². The zero-order valence-electron chi connectivity index (χ0n) is 16.0. The Bertz CT molecular complexity index is 695. The maximum atomic E-state index is 11.9. The first-order valence-electron chi connectivity index (χ1n) is 9.00. The molecule has 6 heteroatoms. The highest BCUT2D eigenvalue weighted by molar-refractivity contribution is 7.14. The predicted octanol–water partition coefficient (Wildman–Crippen LogP) is 4.99. The number of anilines is 1. The molecule has 0 unspecified atom stereocenters. The highest BCUT2D eigenvalue weighted by Crippen LogP contribution is 2.27. The van der Waals surface area contributed by atoms with Gasteiger partial charge in [0.25, 0.3) is 0 Å². The van der Waals surface area contributed by atoms with Crippen LogP contribution < -0.4 is 10.1 Å². The molecule has 0 amide bonds. The van der Waals surface area contributed by atoms with Crippen LogP contribution in [0.5, 0.6) is 5.75 Å². The minimum atomic E-state index is -0.433. The van der Waals surface area contributed by atoms with Crippen molar-refractivity contribution in [1.29, 1.82) is 0 Å². The first kappa shape index (κ1) is 20.2. The van der Waals surface area contributed by atoms with Gasteiger partial charge in [-0.25, -0.2) is 4.98 Å². The van der Waals surface area contributed by atoms with Gasteiger partial charge in [0.05, 0.1) is 24.3 Å². The number of benzene rings is 1. The summed E-state index contributed by atoms with van der Waals surface area (Å²) in [4.78, 5) is 16.4. The smallest absolute Gasteiger partial charge is 0.311 e. The number of hydrogen-bond acceptors (Lipinski definition) is 6. The van der Waals surface area contributed by atoms with Crippen LogP contribution >= 0.6 is 11.3 Å². The summed E-state index contributed by atoms with van der Waals surface area (Å²) in [5.74, 6) is 0.724. The van der Waals surface area contributed by atoms with Gasteiger partial charge in [0.2, 0.25) is 0 Å². The van der Waals surface area contributed by atoms with Crippen molar-refractivity contribution in [1.82, 2.24) is 4.98 Å². The van der Waals surface area contributed by atoms with Gasteiger partial charge in [0, 0.05) is 18.0 Å². The summed E-state index contributed by atoms with van der Waals surface area (Å²) in [6, 6.07) is 7.98. The Hall–Kier alpha value is -2.08. The first-order chi connectivity index (χ1) is 12.5. The molecule has 2 aromatic rings. The third-order valence-electron chi connectivity index (χ3n) is 4.16. The minimum Gasteiger partial charge on any atom is -0.494 e. The summed E-state index contributed by atoms with van der Waals surface area (Å²) in [5.41, 5.74) is 1.61. The maximum absolute atomic E-state index is 11.9. The molecule has 1 aromatic heterocycles. The minimum absolute atomic E-state index is 0.125. The normalized spacial score (nSPS) is 11.2. The Morgan fingerprint density at radius 1 is 1.23 bits per heavy atom. The molecule has 0 aliphatic heterocycles. The number of hydrogen-bond donors (Lipinski definition) is 1. The summed E-state index contributed by atoms with van der Waals surface area (Å²) in [6.07, 6.45) is 2.63. The fraction of sp³-hybridized carbons (Fsp3) is 0.500. The van der Waals surface area contributed by atoms with Crippen LogP contribution in [0.15, 0.2) is 29.6 Å². The monoisotopic (exact) mass is 376 g/mol. The Morgan fingerprint density at radius 2 is 1.96 bits per heavy atom. The van der Waals surface area contributed by atoms with Gasteiger partial charge in [-0.1, -0.05) is 0 Å². The number of nitrogens with zero attached hydrogens (tertiary/aromatic N) is 1. The lowest BCUT2D eigenvalue weighted by Gasteiger charge is -2.21. The molecule has 0 atom stereocenters. The van der Waals surface area contributed by atoms with E-state index < -0.39 is 5.41 Å². The Kier molecular flexibility index (Phi) is 7.45. The zero-order chi connectivity index (χ0) is 19.0. The van der Waals surface area contributed by atoms with Gasteiger partial charge in [0.15, 0.2) is 5.13 Å². The van der Waals surface area contributed by atoms with E-state index in [2.05, 4.69) is 10.3 Å². The number of rotatable bonds is 10. The van der Waals surface area contributed by atoms with E-state index in [-0.39, 0.29) is 5.97 Å². The molecule has 0 aliphatic carbocycles. The van der Waals surface area contributed by atoms with E-state index in [1.165, 1.54) is 0 Å². The standard InChI is InChI=1S/C20H28N2O3S/c1-5-24-18(23)20(2,3)12-6-7-13-25-16-10-8-15(9-11-16)17-14-26-19(21-4)22-17/h8-11,14H,5-7,12-13H2,1-4H3,(H,21,22). The van der Waals surface area contributed by atoms with Crippen molar-refractivity contribution >= 4 is 22.4 Å². The zero-order valence-corrected chi connectivity index (χ0v) is 16.8. The third kappa shape index (κ3) is 5.73. The van der Waals surface area contributed by atoms with Crippen molar-refractivity contribution < 1.29 is 14.3 Å². The second kappa shape index (κ2) is 9.57. The number of esters is 1. The Labute approximate surface area is 159 Å². The molecule has 0 radical (unpaired) electrons. The van der Waals surface area contributed by atoms with Gasteiger partial charge in [0.1, 0.15) is 5.75 Å². The van der Waals surface area contributed by atoms with Gasteiger partial charge in [-0.15, -0.1) is 11.3 Å². The number of aromatic nitrogens is 1. The van der Waals surface area contributed by atoms with Crippen molar-refractivity contribution in [2.24, 2.45) is 5.41 Å². The molecule has 0 spiro atoms. The fourth-order valence-corrected chi connectivity index (χ4v) is 3.21. The number of carbonyl (C=O) groups excluding carboxylic acids is 1. The van der Waals surface area contributed by atoms with Crippen LogP contribution in [0.4, 0.5) is 5.13 Å². The topological polar surface area (TPSA) is 60.5 Å². The van der Waals surface area contributed by atoms with Gasteiger partial charge >= 0.3 is 5.97 Å². The van der Waals surface area contributed by atoms with Crippen molar-refractivity contribution in [2.45, 2.75) is 40.0 Å². The lowest BCUT2D eigenvalue weighted by molar-refractivity contribution is -0.153. The summed E-state index contributed by atoms with van der Waals surface area (Å²) >= 11 is 1.59. The van der Waals surface area contributed by atoms with Crippen LogP contribution in [0.2, 0.25) is 0 Å². The SMILES string of the molecule is CCOC(=O)C(C)(C)CCCCOc1ccc(-c2csc(NC)n2)cc1. The van der Waals surface area contributed by atoms with E-state index in [0.29, 0.717) is 13.2 Å². The molecule has 0 bridgehead atoms. The molecular formula is C20H28N2O3S. The number of ether oxygens (including phenoxy) is 2. The molecule has 1 N–H and O–H groups in total. The van der Waals surface area contributed by atoms with Gasteiger partial charge in [-0.05, 0) is 64.3 Å². The largest absolute Gasteiger partial charge is 0.494 e. The van der Waals surface area contributed by atoms with E-state index in [0.717, 1.165) is 41.4 Å². The Balaban J connectivity index is 1.74. The summed E-state index contributed by atoms with van der Waals surface area (Å²) in [6.45, 7) is 6.77. The summed E-state index contributed by atoms with van der Waals surface area (Å²) in [7, 11) is 1.87. The van der Waals surface area contributed by atoms with Crippen LogP contribution in [-0.2, 0) is 9.53 Å². The average Bonchev–Trinajstić information content (AvgIpc) is 3.11. The summed E-state index contributed by atoms with van der Waals surface area (Å²) < 4.78 is 10.9. The van der Waals surface area contributed by atoms with E-state index in [4.69, 9.17) is 9.47 Å². The van der Waals surface area contributed by atoms with Crippen molar-refractivity contribution in [3.05, 3.63) is 29.6 Å². The average molecular weight is 377 g/mol. The molecule has 0 saturated carbocycles. The van der Waals surface area contributed by atoms with E-state index >= 15 is 0 Å². The van der Waals surface area contributed by atoms with Crippen LogP contribution in [0.1, 0.15) is 40.0 Å². The fourth-order valence-electron chi connectivity index (χ4n) is 2.53. The summed E-state index contributed by atoms with van der Waals surface area (Å²) in [5, 5.41) is 5.99. The second-order valence-corrected chi connectivity index (χ2v) is 7.58. The van der Waals surface area contributed by atoms with E-state index in [1.54, 1.807) is 11.3 Å². The number of unbranched alkanes of at least 4 members (excludes halogenated alkanes) is 1. The molecular weight excluding hydrogens is 348 g/mol. The number of carbonyl (C=O) groups is 1. The molecule has 1 aromatic carbocycles. The number of thiazole rings is 1. The molecule has 26 heavy (non-hydrogen) atoms. The molecule has 0 fully saturated rings. The van der Waals surface area contributed by atoms with Gasteiger partial charge < -0.3 is 14.8 Å². The molecule has 2 rings (SSSR count). The quantitative estimate of drug-likeness (QED) is 0.467. The van der Waals surface area contributed by atoms with E-state index in [1.807, 2.05) is 57.5 Å². The van der Waals surface area contributed by atoms with Crippen molar-refractivity contribution in [3.8, 4) is 17.0 Å².